The van der Waals surface area contributed by atoms with Gasteiger partial charge in [0, 0.05) is 24.8 Å². The van der Waals surface area contributed by atoms with Crippen LogP contribution in [0.2, 0.25) is 0 Å². The van der Waals surface area contributed by atoms with E-state index in [4.69, 9.17) is 21.4 Å². The molecule has 2 aliphatic heterocycles. The molecule has 0 aromatic carbocycles. The van der Waals surface area contributed by atoms with E-state index in [1.54, 1.807) is 6.08 Å². The van der Waals surface area contributed by atoms with Crippen LogP contribution in [0.25, 0.3) is 0 Å². The first-order valence-electron chi connectivity index (χ1n) is 8.66. The van der Waals surface area contributed by atoms with Crippen LogP contribution in [0.4, 0.5) is 4.79 Å². The summed E-state index contributed by atoms with van der Waals surface area (Å²) < 4.78 is 5.82. The van der Waals surface area contributed by atoms with Crippen molar-refractivity contribution in [3.8, 4) is 0 Å². The van der Waals surface area contributed by atoms with E-state index in [2.05, 4.69) is 20.8 Å². The fourth-order valence-electron chi connectivity index (χ4n) is 3.07. The zero-order valence-corrected chi connectivity index (χ0v) is 16.0. The van der Waals surface area contributed by atoms with Crippen LogP contribution in [-0.4, -0.2) is 51.2 Å². The van der Waals surface area contributed by atoms with Gasteiger partial charge in [0.15, 0.2) is 5.60 Å². The average molecular weight is 371 g/mol. The second-order valence-electron chi connectivity index (χ2n) is 7.60. The van der Waals surface area contributed by atoms with Crippen LogP contribution >= 0.6 is 11.6 Å². The van der Waals surface area contributed by atoms with Gasteiger partial charge in [-0.25, -0.2) is 4.79 Å². The van der Waals surface area contributed by atoms with Crippen LogP contribution in [0.5, 0.6) is 0 Å². The molecular weight excluding hydrogens is 344 g/mol. The Balaban J connectivity index is 2.05. The molecule has 2 rings (SSSR count). The van der Waals surface area contributed by atoms with Crippen molar-refractivity contribution >= 4 is 23.7 Å². The average Bonchev–Trinajstić information content (AvgIpc) is 2.53. The second kappa shape index (κ2) is 7.28. The van der Waals surface area contributed by atoms with E-state index >= 15 is 0 Å². The number of likely N-dealkylation sites (tertiary alicyclic amines) is 1. The summed E-state index contributed by atoms with van der Waals surface area (Å²) >= 11 is 6.43. The fourth-order valence-corrected chi connectivity index (χ4v) is 3.56. The third-order valence-corrected chi connectivity index (χ3v) is 5.06. The molecule has 0 bridgehead atoms. The Labute approximate surface area is 154 Å². The normalized spacial score (nSPS) is 24.9. The van der Waals surface area contributed by atoms with Crippen molar-refractivity contribution in [2.75, 3.05) is 13.1 Å². The van der Waals surface area contributed by atoms with Gasteiger partial charge in [-0.3, -0.25) is 4.79 Å². The van der Waals surface area contributed by atoms with Crippen molar-refractivity contribution in [2.45, 2.75) is 58.1 Å². The molecule has 25 heavy (non-hydrogen) atoms. The van der Waals surface area contributed by atoms with Crippen LogP contribution in [0.15, 0.2) is 23.5 Å². The van der Waals surface area contributed by atoms with Crippen molar-refractivity contribution in [2.24, 2.45) is 5.92 Å². The van der Waals surface area contributed by atoms with Crippen LogP contribution in [0, 0.1) is 5.92 Å². The second-order valence-corrected chi connectivity index (χ2v) is 7.98. The predicted molar refractivity (Wildman–Crippen MR) is 96.1 cm³/mol. The van der Waals surface area contributed by atoms with Gasteiger partial charge < -0.3 is 19.6 Å². The number of halogens is 1. The summed E-state index contributed by atoms with van der Waals surface area (Å²) in [6.07, 6.45) is 6.13. The third kappa shape index (κ3) is 4.48. The summed E-state index contributed by atoms with van der Waals surface area (Å²) in [7, 11) is 0. The van der Waals surface area contributed by atoms with Gasteiger partial charge in [0.25, 0.3) is 0 Å². The Hall–Kier alpha value is -1.69. The molecule has 1 N–H and O–H groups in total. The number of carbonyl (C=O) groups is 2. The fraction of sp³-hybridized carbons (Fsp3) is 0.667. The molecule has 1 atom stereocenters. The zero-order valence-electron chi connectivity index (χ0n) is 15.3. The minimum absolute atomic E-state index is 0.169. The molecular formula is C18H27ClN2O4. The maximum atomic E-state index is 12.6. The Morgan fingerprint density at radius 2 is 1.96 bits per heavy atom. The van der Waals surface area contributed by atoms with Gasteiger partial charge in [-0.1, -0.05) is 18.5 Å². The summed E-state index contributed by atoms with van der Waals surface area (Å²) in [6.45, 7) is 8.81. The van der Waals surface area contributed by atoms with Gasteiger partial charge in [0.1, 0.15) is 5.16 Å². The molecule has 1 unspecified atom stereocenters. The maximum Gasteiger partial charge on any atom is 0.407 e. The molecule has 140 valence electrons. The summed E-state index contributed by atoms with van der Waals surface area (Å²) in [5, 5.41) is 9.53. The van der Waals surface area contributed by atoms with E-state index in [-0.39, 0.29) is 17.4 Å². The first-order chi connectivity index (χ1) is 11.6. The molecule has 6 nitrogen and oxygen atoms in total. The van der Waals surface area contributed by atoms with Crippen LogP contribution < -0.4 is 0 Å². The molecule has 7 heteroatoms. The summed E-state index contributed by atoms with van der Waals surface area (Å²) in [5.41, 5.74) is -1.02. The third-order valence-electron chi connectivity index (χ3n) is 4.76. The largest absolute Gasteiger partial charge is 0.465 e. The highest BCUT2D eigenvalue weighted by Gasteiger charge is 2.37. The Morgan fingerprint density at radius 1 is 1.36 bits per heavy atom. The number of rotatable bonds is 3. The van der Waals surface area contributed by atoms with Gasteiger partial charge in [-0.15, -0.1) is 0 Å². The van der Waals surface area contributed by atoms with Crippen molar-refractivity contribution in [3.05, 3.63) is 23.5 Å². The lowest BCUT2D eigenvalue weighted by Crippen LogP contribution is -2.44. The minimum atomic E-state index is -0.941. The van der Waals surface area contributed by atoms with Crippen molar-refractivity contribution < 1.29 is 19.4 Å². The summed E-state index contributed by atoms with van der Waals surface area (Å²) in [4.78, 5) is 26.8. The molecule has 0 spiro atoms. The quantitative estimate of drug-likeness (QED) is 0.604. The number of amides is 1. The maximum absolute atomic E-state index is 12.6. The highest BCUT2D eigenvalue weighted by molar-refractivity contribution is 6.29. The van der Waals surface area contributed by atoms with Crippen LogP contribution in [0.1, 0.15) is 47.0 Å². The van der Waals surface area contributed by atoms with E-state index in [0.29, 0.717) is 37.5 Å². The molecule has 1 fully saturated rings. The number of esters is 1. The highest BCUT2D eigenvalue weighted by Crippen LogP contribution is 2.34. The summed E-state index contributed by atoms with van der Waals surface area (Å²) in [5.74, 6) is -0.568. The molecule has 0 radical (unpaired) electrons. The van der Waals surface area contributed by atoms with Gasteiger partial charge in [-0.05, 0) is 52.2 Å². The van der Waals surface area contributed by atoms with Crippen molar-refractivity contribution in [1.29, 1.82) is 0 Å². The van der Waals surface area contributed by atoms with Gasteiger partial charge >= 0.3 is 12.1 Å². The lowest BCUT2D eigenvalue weighted by Gasteiger charge is -2.40. The topological polar surface area (TPSA) is 70.1 Å². The van der Waals surface area contributed by atoms with E-state index in [0.717, 1.165) is 0 Å². The first kappa shape index (κ1) is 19.6. The van der Waals surface area contributed by atoms with Gasteiger partial charge in [0.2, 0.25) is 0 Å². The van der Waals surface area contributed by atoms with E-state index < -0.39 is 11.7 Å². The van der Waals surface area contributed by atoms with Crippen molar-refractivity contribution in [3.63, 3.8) is 0 Å². The zero-order chi connectivity index (χ0) is 18.8. The highest BCUT2D eigenvalue weighted by atomic mass is 35.5. The minimum Gasteiger partial charge on any atom is -0.465 e. The molecule has 0 aromatic rings. The number of hydrogen-bond donors (Lipinski definition) is 1. The lowest BCUT2D eigenvalue weighted by atomic mass is 9.94. The molecule has 2 heterocycles. The van der Waals surface area contributed by atoms with Crippen molar-refractivity contribution in [1.82, 2.24) is 9.80 Å². The number of nitrogens with zero attached hydrogens (tertiary/aromatic N) is 2. The summed E-state index contributed by atoms with van der Waals surface area (Å²) in [6, 6.07) is 0. The van der Waals surface area contributed by atoms with E-state index in [1.165, 1.54) is 4.90 Å². The number of hydrogen-bond acceptors (Lipinski definition) is 4. The molecule has 2 aliphatic rings. The number of carboxylic acid groups (broad SMARTS) is 1. The Morgan fingerprint density at radius 3 is 2.40 bits per heavy atom. The molecule has 1 saturated heterocycles. The first-order valence-corrected chi connectivity index (χ1v) is 9.03. The molecule has 0 saturated carbocycles. The number of carbonyl (C=O) groups excluding carboxylic acids is 1. The number of piperidine rings is 1. The lowest BCUT2D eigenvalue weighted by molar-refractivity contribution is -0.158. The predicted octanol–water partition coefficient (Wildman–Crippen LogP) is 3.78. The molecule has 0 aliphatic carbocycles. The smallest absolute Gasteiger partial charge is 0.407 e. The molecule has 1 amide bonds. The van der Waals surface area contributed by atoms with E-state index in [1.807, 2.05) is 24.1 Å². The molecule has 0 aromatic heterocycles. The Bertz CT molecular complexity index is 588. The van der Waals surface area contributed by atoms with Crippen LogP contribution in [0.3, 0.4) is 0 Å². The van der Waals surface area contributed by atoms with Crippen LogP contribution in [-0.2, 0) is 9.53 Å². The van der Waals surface area contributed by atoms with Gasteiger partial charge in [-0.2, -0.15) is 0 Å². The van der Waals surface area contributed by atoms with E-state index in [9.17, 15) is 9.59 Å². The SMILES string of the molecule is CCC1(OC(=O)C2CCN(C(=O)O)CC2)C=CN(C(C)(C)C)C(Cl)=C1. The Kier molecular flexibility index (Phi) is 5.72. The standard InChI is InChI=1S/C18H27ClN2O4/c1-5-18(8-11-21(14(19)12-18)17(2,3)4)25-15(22)13-6-9-20(10-7-13)16(23)24/h8,11-13H,5-7,9-10H2,1-4H3,(H,23,24). The number of ether oxygens (including phenoxy) is 1. The van der Waals surface area contributed by atoms with Gasteiger partial charge in [0.05, 0.1) is 5.92 Å². The monoisotopic (exact) mass is 370 g/mol.